The molecule has 0 saturated carbocycles. The summed E-state index contributed by atoms with van der Waals surface area (Å²) in [4.78, 5) is 4.55. The molecule has 0 bridgehead atoms. The number of pyridine rings is 1. The lowest BCUT2D eigenvalue weighted by Gasteiger charge is -2.19. The summed E-state index contributed by atoms with van der Waals surface area (Å²) in [7, 11) is 0. The van der Waals surface area contributed by atoms with Gasteiger partial charge >= 0.3 is 0 Å². The molecular formula is C14H18N2S. The predicted octanol–water partition coefficient (Wildman–Crippen LogP) is 4.24. The summed E-state index contributed by atoms with van der Waals surface area (Å²) in [5.74, 6) is 0. The van der Waals surface area contributed by atoms with Gasteiger partial charge < -0.3 is 5.32 Å². The SMILES string of the molecule is Cc1cc(C)c(C(C)Nc2ccsc2)c(C)n1. The zero-order chi connectivity index (χ0) is 12.4. The Bertz CT molecular complexity index is 480. The minimum Gasteiger partial charge on any atom is -0.378 e. The van der Waals surface area contributed by atoms with Crippen molar-refractivity contribution in [2.45, 2.75) is 33.7 Å². The zero-order valence-electron chi connectivity index (χ0n) is 10.7. The fourth-order valence-corrected chi connectivity index (χ4v) is 2.95. The van der Waals surface area contributed by atoms with Crippen molar-refractivity contribution >= 4 is 17.0 Å². The number of aromatic nitrogens is 1. The second kappa shape index (κ2) is 4.88. The van der Waals surface area contributed by atoms with Gasteiger partial charge in [-0.15, -0.1) is 0 Å². The number of thiophene rings is 1. The van der Waals surface area contributed by atoms with Gasteiger partial charge in [0.1, 0.15) is 0 Å². The highest BCUT2D eigenvalue weighted by atomic mass is 32.1. The first kappa shape index (κ1) is 12.1. The van der Waals surface area contributed by atoms with E-state index >= 15 is 0 Å². The molecule has 1 atom stereocenters. The number of aryl methyl sites for hydroxylation is 3. The Labute approximate surface area is 107 Å². The molecule has 2 aromatic heterocycles. The smallest absolute Gasteiger partial charge is 0.0506 e. The molecule has 1 N–H and O–H groups in total. The Morgan fingerprint density at radius 2 is 2.06 bits per heavy atom. The average Bonchev–Trinajstić information content (AvgIpc) is 2.68. The lowest BCUT2D eigenvalue weighted by Crippen LogP contribution is -2.11. The Balaban J connectivity index is 2.27. The molecule has 17 heavy (non-hydrogen) atoms. The van der Waals surface area contributed by atoms with Crippen LogP contribution in [0.25, 0.3) is 0 Å². The molecule has 2 rings (SSSR count). The van der Waals surface area contributed by atoms with Crippen molar-refractivity contribution in [1.82, 2.24) is 4.98 Å². The quantitative estimate of drug-likeness (QED) is 0.876. The van der Waals surface area contributed by atoms with Crippen molar-refractivity contribution in [2.24, 2.45) is 0 Å². The van der Waals surface area contributed by atoms with Crippen LogP contribution in [0.5, 0.6) is 0 Å². The molecular weight excluding hydrogens is 228 g/mol. The third kappa shape index (κ3) is 2.67. The fraction of sp³-hybridized carbons (Fsp3) is 0.357. The van der Waals surface area contributed by atoms with Crippen LogP contribution >= 0.6 is 11.3 Å². The molecule has 2 aromatic rings. The van der Waals surface area contributed by atoms with Crippen LogP contribution in [0.4, 0.5) is 5.69 Å². The van der Waals surface area contributed by atoms with Gasteiger partial charge in [-0.25, -0.2) is 0 Å². The summed E-state index contributed by atoms with van der Waals surface area (Å²) in [5.41, 5.74) is 6.01. The summed E-state index contributed by atoms with van der Waals surface area (Å²) in [6.07, 6.45) is 0. The van der Waals surface area contributed by atoms with Gasteiger partial charge in [0.25, 0.3) is 0 Å². The summed E-state index contributed by atoms with van der Waals surface area (Å²) in [5, 5.41) is 7.72. The van der Waals surface area contributed by atoms with E-state index in [1.54, 1.807) is 11.3 Å². The lowest BCUT2D eigenvalue weighted by atomic mass is 10.0. The van der Waals surface area contributed by atoms with Crippen molar-refractivity contribution in [1.29, 1.82) is 0 Å². The van der Waals surface area contributed by atoms with E-state index in [0.717, 1.165) is 11.4 Å². The third-order valence-electron chi connectivity index (χ3n) is 2.92. The van der Waals surface area contributed by atoms with Gasteiger partial charge in [-0.1, -0.05) is 0 Å². The van der Waals surface area contributed by atoms with E-state index in [2.05, 4.69) is 54.0 Å². The van der Waals surface area contributed by atoms with E-state index in [1.807, 2.05) is 6.92 Å². The van der Waals surface area contributed by atoms with Crippen LogP contribution in [0.15, 0.2) is 22.9 Å². The third-order valence-corrected chi connectivity index (χ3v) is 3.60. The van der Waals surface area contributed by atoms with Gasteiger partial charge in [0, 0.05) is 22.5 Å². The summed E-state index contributed by atoms with van der Waals surface area (Å²) < 4.78 is 0. The topological polar surface area (TPSA) is 24.9 Å². The van der Waals surface area contributed by atoms with Crippen LogP contribution < -0.4 is 5.32 Å². The van der Waals surface area contributed by atoms with E-state index in [-0.39, 0.29) is 6.04 Å². The molecule has 0 fully saturated rings. The molecule has 0 radical (unpaired) electrons. The number of rotatable bonds is 3. The normalized spacial score (nSPS) is 12.5. The van der Waals surface area contributed by atoms with E-state index in [9.17, 15) is 0 Å². The predicted molar refractivity (Wildman–Crippen MR) is 74.8 cm³/mol. The first-order valence-electron chi connectivity index (χ1n) is 5.81. The highest BCUT2D eigenvalue weighted by Crippen LogP contribution is 2.25. The van der Waals surface area contributed by atoms with Gasteiger partial charge in [0.2, 0.25) is 0 Å². The summed E-state index contributed by atoms with van der Waals surface area (Å²) >= 11 is 1.71. The second-order valence-corrected chi connectivity index (χ2v) is 5.24. The van der Waals surface area contributed by atoms with Crippen molar-refractivity contribution < 1.29 is 0 Å². The molecule has 0 amide bonds. The fourth-order valence-electron chi connectivity index (χ4n) is 2.36. The van der Waals surface area contributed by atoms with Crippen LogP contribution in [-0.2, 0) is 0 Å². The summed E-state index contributed by atoms with van der Waals surface area (Å²) in [6, 6.07) is 4.54. The number of hydrogen-bond donors (Lipinski definition) is 1. The maximum Gasteiger partial charge on any atom is 0.0506 e. The molecule has 0 spiro atoms. The molecule has 90 valence electrons. The van der Waals surface area contributed by atoms with Crippen molar-refractivity contribution in [3.8, 4) is 0 Å². The van der Waals surface area contributed by atoms with Crippen LogP contribution in [0.2, 0.25) is 0 Å². The molecule has 0 aliphatic carbocycles. The molecule has 0 aromatic carbocycles. The van der Waals surface area contributed by atoms with Gasteiger partial charge in [-0.05, 0) is 56.3 Å². The number of nitrogens with one attached hydrogen (secondary N) is 1. The van der Waals surface area contributed by atoms with E-state index < -0.39 is 0 Å². The Kier molecular flexibility index (Phi) is 3.48. The second-order valence-electron chi connectivity index (χ2n) is 4.46. The molecule has 3 heteroatoms. The molecule has 0 aliphatic heterocycles. The van der Waals surface area contributed by atoms with E-state index in [0.29, 0.717) is 0 Å². The van der Waals surface area contributed by atoms with E-state index in [4.69, 9.17) is 0 Å². The number of nitrogens with zero attached hydrogens (tertiary/aromatic N) is 1. The Morgan fingerprint density at radius 1 is 1.29 bits per heavy atom. The average molecular weight is 246 g/mol. The van der Waals surface area contributed by atoms with Gasteiger partial charge in [-0.3, -0.25) is 4.98 Å². The van der Waals surface area contributed by atoms with Crippen LogP contribution in [-0.4, -0.2) is 4.98 Å². The highest BCUT2D eigenvalue weighted by Gasteiger charge is 2.12. The maximum atomic E-state index is 4.55. The van der Waals surface area contributed by atoms with Gasteiger partial charge in [0.05, 0.1) is 6.04 Å². The summed E-state index contributed by atoms with van der Waals surface area (Å²) in [6.45, 7) is 8.47. The minimum absolute atomic E-state index is 0.290. The van der Waals surface area contributed by atoms with Crippen molar-refractivity contribution in [3.05, 3.63) is 45.4 Å². The molecule has 0 aliphatic rings. The molecule has 2 heterocycles. The van der Waals surface area contributed by atoms with Crippen molar-refractivity contribution in [3.63, 3.8) is 0 Å². The van der Waals surface area contributed by atoms with E-state index in [1.165, 1.54) is 16.8 Å². The van der Waals surface area contributed by atoms with Crippen LogP contribution in [0.1, 0.15) is 35.5 Å². The van der Waals surface area contributed by atoms with Crippen LogP contribution in [0, 0.1) is 20.8 Å². The van der Waals surface area contributed by atoms with Gasteiger partial charge in [-0.2, -0.15) is 11.3 Å². The maximum absolute atomic E-state index is 4.55. The highest BCUT2D eigenvalue weighted by molar-refractivity contribution is 7.08. The molecule has 0 saturated heterocycles. The van der Waals surface area contributed by atoms with Crippen LogP contribution in [0.3, 0.4) is 0 Å². The first-order valence-corrected chi connectivity index (χ1v) is 6.75. The lowest BCUT2D eigenvalue weighted by molar-refractivity contribution is 0.844. The Hall–Kier alpha value is -1.35. The number of anilines is 1. The standard InChI is InChI=1S/C14H18N2S/c1-9-7-10(2)15-11(3)14(9)12(4)16-13-5-6-17-8-13/h5-8,12,16H,1-4H3. The zero-order valence-corrected chi connectivity index (χ0v) is 11.6. The first-order chi connectivity index (χ1) is 8.08. The molecule has 2 nitrogen and oxygen atoms in total. The van der Waals surface area contributed by atoms with Crippen molar-refractivity contribution in [2.75, 3.05) is 5.32 Å². The monoisotopic (exact) mass is 246 g/mol. The largest absolute Gasteiger partial charge is 0.378 e. The van der Waals surface area contributed by atoms with Gasteiger partial charge in [0.15, 0.2) is 0 Å². The Morgan fingerprint density at radius 3 is 2.65 bits per heavy atom. The minimum atomic E-state index is 0.290. The number of hydrogen-bond acceptors (Lipinski definition) is 3. The molecule has 1 unspecified atom stereocenters.